The second-order valence-electron chi connectivity index (χ2n) is 5.43. The molecule has 7 nitrogen and oxygen atoms in total. The van der Waals surface area contributed by atoms with Crippen LogP contribution >= 0.6 is 35.7 Å². The number of urea groups is 1. The molecule has 1 aliphatic heterocycles. The van der Waals surface area contributed by atoms with Crippen molar-refractivity contribution in [2.45, 2.75) is 37.5 Å². The lowest BCUT2D eigenvalue weighted by molar-refractivity contribution is -0.124. The van der Waals surface area contributed by atoms with Crippen LogP contribution in [0.4, 0.5) is 4.79 Å². The number of carbonyl (C=O) groups is 2. The second-order valence-corrected chi connectivity index (χ2v) is 7.01. The summed E-state index contributed by atoms with van der Waals surface area (Å²) in [6.07, 6.45) is 3.56. The van der Waals surface area contributed by atoms with Crippen molar-refractivity contribution in [3.63, 3.8) is 0 Å². The number of nitrogens with zero attached hydrogens (tertiary/aromatic N) is 2. The molecular formula is C14H26IN5O2S. The van der Waals surface area contributed by atoms with Crippen LogP contribution in [0.3, 0.4) is 0 Å². The fraction of sp³-hybridized carbons (Fsp3) is 0.786. The highest BCUT2D eigenvalue weighted by molar-refractivity contribution is 14.0. The Morgan fingerprint density at radius 2 is 2.22 bits per heavy atom. The predicted octanol–water partition coefficient (Wildman–Crippen LogP) is 0.995. The van der Waals surface area contributed by atoms with Crippen LogP contribution in [-0.2, 0) is 4.79 Å². The topological polar surface area (TPSA) is 85.8 Å². The third kappa shape index (κ3) is 6.02. The maximum atomic E-state index is 11.5. The zero-order valence-electron chi connectivity index (χ0n) is 13.6. The zero-order chi connectivity index (χ0) is 15.9. The van der Waals surface area contributed by atoms with E-state index < -0.39 is 0 Å². The summed E-state index contributed by atoms with van der Waals surface area (Å²) >= 11 is 2.02. The van der Waals surface area contributed by atoms with Gasteiger partial charge in [0.2, 0.25) is 5.91 Å². The van der Waals surface area contributed by atoms with Crippen LogP contribution in [-0.4, -0.2) is 66.5 Å². The van der Waals surface area contributed by atoms with Crippen molar-refractivity contribution in [3.05, 3.63) is 0 Å². The first-order valence-corrected chi connectivity index (χ1v) is 8.86. The van der Waals surface area contributed by atoms with Gasteiger partial charge >= 0.3 is 6.03 Å². The average Bonchev–Trinajstić information content (AvgIpc) is 3.07. The number of guanidine groups is 1. The predicted molar refractivity (Wildman–Crippen MR) is 105 cm³/mol. The van der Waals surface area contributed by atoms with Crippen LogP contribution in [0.2, 0.25) is 0 Å². The minimum atomic E-state index is -0.315. The van der Waals surface area contributed by atoms with Crippen LogP contribution in [0.25, 0.3) is 0 Å². The van der Waals surface area contributed by atoms with Crippen LogP contribution < -0.4 is 16.0 Å². The van der Waals surface area contributed by atoms with Crippen molar-refractivity contribution in [2.24, 2.45) is 4.99 Å². The lowest BCUT2D eigenvalue weighted by Crippen LogP contribution is -2.46. The maximum absolute atomic E-state index is 11.5. The van der Waals surface area contributed by atoms with Crippen LogP contribution in [0, 0.1) is 0 Å². The number of nitrogens with one attached hydrogen (secondary N) is 3. The Balaban J connectivity index is 0.00000264. The molecule has 1 saturated heterocycles. The van der Waals surface area contributed by atoms with Gasteiger partial charge in [0.05, 0.1) is 6.54 Å². The van der Waals surface area contributed by atoms with Gasteiger partial charge in [0.1, 0.15) is 0 Å². The Morgan fingerprint density at radius 3 is 2.83 bits per heavy atom. The molecule has 1 saturated carbocycles. The first kappa shape index (κ1) is 20.3. The normalized spacial score (nSPS) is 24.4. The molecule has 0 spiro atoms. The van der Waals surface area contributed by atoms with Gasteiger partial charge in [-0.3, -0.25) is 14.7 Å². The fourth-order valence-corrected chi connectivity index (χ4v) is 3.96. The van der Waals surface area contributed by atoms with Crippen molar-refractivity contribution < 1.29 is 9.59 Å². The van der Waals surface area contributed by atoms with E-state index in [1.54, 1.807) is 7.05 Å². The Morgan fingerprint density at radius 1 is 1.43 bits per heavy atom. The lowest BCUT2D eigenvalue weighted by atomic mass is 10.2. The summed E-state index contributed by atoms with van der Waals surface area (Å²) in [5.41, 5.74) is 0. The number of aliphatic imine (C=N–C) groups is 1. The molecule has 2 aliphatic rings. The second kappa shape index (κ2) is 10.2. The minimum Gasteiger partial charge on any atom is -0.355 e. The molecular weight excluding hydrogens is 429 g/mol. The molecule has 2 unspecified atom stereocenters. The molecule has 1 heterocycles. The van der Waals surface area contributed by atoms with Gasteiger partial charge in [0.25, 0.3) is 0 Å². The molecule has 2 fully saturated rings. The quantitative estimate of drug-likeness (QED) is 0.241. The van der Waals surface area contributed by atoms with Crippen LogP contribution in [0.15, 0.2) is 4.99 Å². The molecule has 3 N–H and O–H groups in total. The standard InChI is InChI=1S/C14H25N5O2S.HI/c1-3-22-11-5-4-10(8-11)18-13(15-2)16-6-7-19-12(20)9-17-14(19)21;/h10-11H,3-9H2,1-2H3,(H,17,21)(H2,15,16,18);1H. The number of carbonyl (C=O) groups excluding carboxylic acids is 2. The van der Waals surface area contributed by atoms with Gasteiger partial charge in [-0.05, 0) is 25.0 Å². The first-order valence-electron chi connectivity index (χ1n) is 7.81. The van der Waals surface area contributed by atoms with Crippen molar-refractivity contribution >= 4 is 53.6 Å². The minimum absolute atomic E-state index is 0. The highest BCUT2D eigenvalue weighted by Gasteiger charge is 2.28. The molecule has 2 atom stereocenters. The molecule has 0 aromatic carbocycles. The van der Waals surface area contributed by atoms with Crippen molar-refractivity contribution in [2.75, 3.05) is 32.4 Å². The number of hydrogen-bond donors (Lipinski definition) is 3. The van der Waals surface area contributed by atoms with Gasteiger partial charge in [-0.25, -0.2) is 4.79 Å². The number of thioether (sulfide) groups is 1. The van der Waals surface area contributed by atoms with E-state index in [4.69, 9.17) is 0 Å². The van der Waals surface area contributed by atoms with E-state index in [2.05, 4.69) is 27.9 Å². The van der Waals surface area contributed by atoms with Gasteiger partial charge in [-0.1, -0.05) is 6.92 Å². The number of hydrogen-bond acceptors (Lipinski definition) is 4. The van der Waals surface area contributed by atoms with Crippen molar-refractivity contribution in [1.29, 1.82) is 0 Å². The van der Waals surface area contributed by atoms with Gasteiger partial charge in [-0.15, -0.1) is 24.0 Å². The summed E-state index contributed by atoms with van der Waals surface area (Å²) in [4.78, 5) is 28.3. The molecule has 3 amide bonds. The zero-order valence-corrected chi connectivity index (χ0v) is 16.8. The van der Waals surface area contributed by atoms with Gasteiger partial charge in [-0.2, -0.15) is 11.8 Å². The average molecular weight is 455 g/mol. The molecule has 0 radical (unpaired) electrons. The summed E-state index contributed by atoms with van der Waals surface area (Å²) < 4.78 is 0. The van der Waals surface area contributed by atoms with E-state index in [9.17, 15) is 9.59 Å². The summed E-state index contributed by atoms with van der Waals surface area (Å²) in [7, 11) is 1.73. The van der Waals surface area contributed by atoms with E-state index in [0.29, 0.717) is 19.1 Å². The van der Waals surface area contributed by atoms with Crippen LogP contribution in [0.1, 0.15) is 26.2 Å². The van der Waals surface area contributed by atoms with E-state index in [1.165, 1.54) is 11.3 Å². The molecule has 132 valence electrons. The molecule has 9 heteroatoms. The third-order valence-electron chi connectivity index (χ3n) is 3.92. The monoisotopic (exact) mass is 455 g/mol. The van der Waals surface area contributed by atoms with Gasteiger partial charge in [0.15, 0.2) is 5.96 Å². The highest BCUT2D eigenvalue weighted by atomic mass is 127. The number of halogens is 1. The third-order valence-corrected chi connectivity index (χ3v) is 5.15. The SMILES string of the molecule is CCSC1CCC(NC(=NC)NCCN2C(=O)CNC2=O)C1.I. The first-order chi connectivity index (χ1) is 10.6. The van der Waals surface area contributed by atoms with E-state index >= 15 is 0 Å². The molecule has 1 aliphatic carbocycles. The van der Waals surface area contributed by atoms with Gasteiger partial charge < -0.3 is 16.0 Å². The van der Waals surface area contributed by atoms with E-state index in [-0.39, 0.29) is 42.5 Å². The Labute approximate surface area is 158 Å². The molecule has 0 bridgehead atoms. The van der Waals surface area contributed by atoms with Gasteiger partial charge in [0, 0.05) is 31.4 Å². The number of rotatable bonds is 6. The Hall–Kier alpha value is -0.710. The molecule has 2 rings (SSSR count). The summed E-state index contributed by atoms with van der Waals surface area (Å²) in [6.45, 7) is 3.15. The highest BCUT2D eigenvalue weighted by Crippen LogP contribution is 2.29. The van der Waals surface area contributed by atoms with Crippen molar-refractivity contribution in [3.8, 4) is 0 Å². The Bertz CT molecular complexity index is 433. The smallest absolute Gasteiger partial charge is 0.324 e. The lowest BCUT2D eigenvalue weighted by Gasteiger charge is -2.19. The summed E-state index contributed by atoms with van der Waals surface area (Å²) in [5, 5.41) is 9.84. The Kier molecular flexibility index (Phi) is 9.03. The number of amides is 3. The largest absolute Gasteiger partial charge is 0.355 e. The van der Waals surface area contributed by atoms with Crippen molar-refractivity contribution in [1.82, 2.24) is 20.9 Å². The maximum Gasteiger partial charge on any atom is 0.324 e. The summed E-state index contributed by atoms with van der Waals surface area (Å²) in [6, 6.07) is 0.136. The molecule has 23 heavy (non-hydrogen) atoms. The number of imide groups is 1. The fourth-order valence-electron chi connectivity index (χ4n) is 2.81. The van der Waals surface area contributed by atoms with E-state index in [1.807, 2.05) is 11.8 Å². The van der Waals surface area contributed by atoms with Crippen LogP contribution in [0.5, 0.6) is 0 Å². The van der Waals surface area contributed by atoms with E-state index in [0.717, 1.165) is 29.8 Å². The molecule has 0 aromatic heterocycles. The molecule has 0 aromatic rings. The summed E-state index contributed by atoms with van der Waals surface area (Å²) in [5.74, 6) is 1.72.